The summed E-state index contributed by atoms with van der Waals surface area (Å²) >= 11 is 6.18. The summed E-state index contributed by atoms with van der Waals surface area (Å²) < 4.78 is 0. The van der Waals surface area contributed by atoms with Gasteiger partial charge in [-0.15, -0.1) is 0 Å². The van der Waals surface area contributed by atoms with Crippen LogP contribution in [0.4, 0.5) is 5.69 Å². The van der Waals surface area contributed by atoms with Crippen molar-refractivity contribution in [2.24, 2.45) is 4.99 Å². The van der Waals surface area contributed by atoms with Gasteiger partial charge in [0.2, 0.25) is 5.96 Å². The summed E-state index contributed by atoms with van der Waals surface area (Å²) in [6.45, 7) is 10.5. The highest BCUT2D eigenvalue weighted by Crippen LogP contribution is 2.33. The van der Waals surface area contributed by atoms with E-state index in [1.165, 1.54) is 19.4 Å². The second-order valence-electron chi connectivity index (χ2n) is 6.90. The SMILES string of the molecule is C=C(C)/C=C1\NC(N2CCN3CCCC3C2)=Nc2ccc(Cl)cc21. The van der Waals surface area contributed by atoms with Crippen LogP contribution >= 0.6 is 11.6 Å². The van der Waals surface area contributed by atoms with Crippen LogP contribution in [0.5, 0.6) is 0 Å². The zero-order chi connectivity index (χ0) is 16.7. The number of aliphatic imine (C=N–C) groups is 1. The van der Waals surface area contributed by atoms with Gasteiger partial charge in [-0.2, -0.15) is 0 Å². The summed E-state index contributed by atoms with van der Waals surface area (Å²) in [4.78, 5) is 9.86. The lowest BCUT2D eigenvalue weighted by Gasteiger charge is -2.40. The van der Waals surface area contributed by atoms with Gasteiger partial charge < -0.3 is 10.2 Å². The summed E-state index contributed by atoms with van der Waals surface area (Å²) in [5, 5.41) is 4.24. The van der Waals surface area contributed by atoms with Crippen molar-refractivity contribution in [3.63, 3.8) is 0 Å². The summed E-state index contributed by atoms with van der Waals surface area (Å²) in [7, 11) is 0. The molecular weight excluding hydrogens is 320 g/mol. The maximum Gasteiger partial charge on any atom is 0.203 e. The quantitative estimate of drug-likeness (QED) is 0.845. The van der Waals surface area contributed by atoms with Crippen molar-refractivity contribution in [3.8, 4) is 0 Å². The van der Waals surface area contributed by atoms with Crippen molar-refractivity contribution in [2.75, 3.05) is 26.2 Å². The van der Waals surface area contributed by atoms with Gasteiger partial charge in [-0.1, -0.05) is 23.8 Å². The van der Waals surface area contributed by atoms with Crippen LogP contribution in [0, 0.1) is 0 Å². The lowest BCUT2D eigenvalue weighted by Crippen LogP contribution is -2.55. The predicted octanol–water partition coefficient (Wildman–Crippen LogP) is 3.63. The molecule has 2 fully saturated rings. The van der Waals surface area contributed by atoms with Crippen molar-refractivity contribution in [1.82, 2.24) is 15.1 Å². The fraction of sp³-hybridized carbons (Fsp3) is 0.421. The molecule has 3 aliphatic rings. The smallest absolute Gasteiger partial charge is 0.203 e. The van der Waals surface area contributed by atoms with Gasteiger partial charge in [0.05, 0.1) is 11.4 Å². The van der Waals surface area contributed by atoms with Crippen LogP contribution in [0.2, 0.25) is 5.02 Å². The molecule has 0 bridgehead atoms. The summed E-state index contributed by atoms with van der Waals surface area (Å²) in [5.41, 5.74) is 4.03. The lowest BCUT2D eigenvalue weighted by atomic mass is 10.1. The first kappa shape index (κ1) is 15.7. The van der Waals surface area contributed by atoms with Gasteiger partial charge in [0.25, 0.3) is 0 Å². The number of hydrogen-bond donors (Lipinski definition) is 1. The monoisotopic (exact) mass is 342 g/mol. The fourth-order valence-electron chi connectivity index (χ4n) is 3.84. The molecule has 0 amide bonds. The predicted molar refractivity (Wildman–Crippen MR) is 101 cm³/mol. The van der Waals surface area contributed by atoms with E-state index in [1.807, 2.05) is 25.1 Å². The number of fused-ring (bicyclic) bond motifs is 2. The summed E-state index contributed by atoms with van der Waals surface area (Å²) in [5.74, 6) is 0.948. The van der Waals surface area contributed by atoms with Crippen molar-refractivity contribution in [1.29, 1.82) is 0 Å². The highest BCUT2D eigenvalue weighted by Gasteiger charge is 2.33. The molecule has 24 heavy (non-hydrogen) atoms. The van der Waals surface area contributed by atoms with E-state index in [-0.39, 0.29) is 0 Å². The number of nitrogens with one attached hydrogen (secondary N) is 1. The second-order valence-corrected chi connectivity index (χ2v) is 7.34. The van der Waals surface area contributed by atoms with Crippen LogP contribution in [0.1, 0.15) is 25.3 Å². The number of halogens is 1. The molecule has 1 aromatic carbocycles. The van der Waals surface area contributed by atoms with Crippen LogP contribution in [-0.4, -0.2) is 48.0 Å². The third-order valence-corrected chi connectivity index (χ3v) is 5.23. The van der Waals surface area contributed by atoms with Gasteiger partial charge in [0.15, 0.2) is 0 Å². The van der Waals surface area contributed by atoms with E-state index >= 15 is 0 Å². The minimum Gasteiger partial charge on any atom is -0.340 e. The van der Waals surface area contributed by atoms with Gasteiger partial charge in [0.1, 0.15) is 0 Å². The molecule has 126 valence electrons. The Bertz CT molecular complexity index is 737. The number of guanidine groups is 1. The molecule has 1 aromatic rings. The van der Waals surface area contributed by atoms with Gasteiger partial charge in [-0.05, 0) is 50.6 Å². The molecule has 4 nitrogen and oxygen atoms in total. The van der Waals surface area contributed by atoms with E-state index in [9.17, 15) is 0 Å². The molecule has 3 aliphatic heterocycles. The van der Waals surface area contributed by atoms with E-state index in [1.54, 1.807) is 0 Å². The van der Waals surface area contributed by atoms with Crippen LogP contribution in [0.15, 0.2) is 41.4 Å². The maximum absolute atomic E-state index is 6.18. The van der Waals surface area contributed by atoms with Crippen LogP contribution in [0.25, 0.3) is 5.70 Å². The Labute approximate surface area is 148 Å². The van der Waals surface area contributed by atoms with Crippen molar-refractivity contribution >= 4 is 28.9 Å². The average molecular weight is 343 g/mol. The van der Waals surface area contributed by atoms with Crippen molar-refractivity contribution in [3.05, 3.63) is 47.0 Å². The molecular formula is C19H23ClN4. The Balaban J connectivity index is 1.67. The molecule has 5 heteroatoms. The molecule has 0 aromatic heterocycles. The molecule has 4 rings (SSSR count). The molecule has 0 aliphatic carbocycles. The lowest BCUT2D eigenvalue weighted by molar-refractivity contribution is 0.150. The third kappa shape index (κ3) is 2.96. The molecule has 0 radical (unpaired) electrons. The van der Waals surface area contributed by atoms with E-state index < -0.39 is 0 Å². The minimum absolute atomic E-state index is 0.670. The number of hydrogen-bond acceptors (Lipinski definition) is 4. The molecule has 1 unspecified atom stereocenters. The largest absolute Gasteiger partial charge is 0.340 e. The number of benzene rings is 1. The first-order chi connectivity index (χ1) is 11.6. The van der Waals surface area contributed by atoms with Crippen molar-refractivity contribution < 1.29 is 0 Å². The Morgan fingerprint density at radius 2 is 2.25 bits per heavy atom. The second kappa shape index (κ2) is 6.26. The number of piperazine rings is 1. The normalized spacial score (nSPS) is 25.1. The molecule has 0 saturated carbocycles. The molecule has 0 spiro atoms. The molecule has 2 saturated heterocycles. The van der Waals surface area contributed by atoms with Crippen LogP contribution in [0.3, 0.4) is 0 Å². The Kier molecular flexibility index (Phi) is 4.10. The summed E-state index contributed by atoms with van der Waals surface area (Å²) in [6, 6.07) is 6.54. The van der Waals surface area contributed by atoms with E-state index in [0.717, 1.165) is 53.1 Å². The maximum atomic E-state index is 6.18. The average Bonchev–Trinajstić information content (AvgIpc) is 3.02. The highest BCUT2D eigenvalue weighted by atomic mass is 35.5. The van der Waals surface area contributed by atoms with E-state index in [4.69, 9.17) is 16.6 Å². The Hall–Kier alpha value is -1.78. The zero-order valence-corrected chi connectivity index (χ0v) is 14.8. The topological polar surface area (TPSA) is 30.9 Å². The van der Waals surface area contributed by atoms with Crippen molar-refractivity contribution in [2.45, 2.75) is 25.8 Å². The highest BCUT2D eigenvalue weighted by molar-refractivity contribution is 6.31. The molecule has 3 heterocycles. The minimum atomic E-state index is 0.670. The first-order valence-corrected chi connectivity index (χ1v) is 9.00. The molecule has 1 N–H and O–H groups in total. The van der Waals surface area contributed by atoms with Gasteiger partial charge in [0, 0.05) is 36.3 Å². The zero-order valence-electron chi connectivity index (χ0n) is 14.1. The number of nitrogens with zero attached hydrogens (tertiary/aromatic N) is 3. The number of allylic oxidation sites excluding steroid dienone is 2. The molecule has 1 atom stereocenters. The first-order valence-electron chi connectivity index (χ1n) is 8.62. The van der Waals surface area contributed by atoms with E-state index in [2.05, 4.69) is 27.8 Å². The van der Waals surface area contributed by atoms with Gasteiger partial charge in [-0.25, -0.2) is 4.99 Å². The Morgan fingerprint density at radius 1 is 1.38 bits per heavy atom. The van der Waals surface area contributed by atoms with Crippen LogP contribution < -0.4 is 5.32 Å². The van der Waals surface area contributed by atoms with Gasteiger partial charge in [-0.3, -0.25) is 4.90 Å². The van der Waals surface area contributed by atoms with E-state index in [0.29, 0.717) is 6.04 Å². The Morgan fingerprint density at radius 3 is 3.08 bits per heavy atom. The fourth-order valence-corrected chi connectivity index (χ4v) is 4.02. The standard InChI is InChI=1S/C19H23ClN4/c1-13(2)10-18-16-11-14(20)5-6-17(16)21-19(22-18)24-9-8-23-7-3-4-15(23)12-24/h5-6,10-11,15H,1,3-4,7-9,12H2,2H3,(H,21,22)/b18-10-. The third-order valence-electron chi connectivity index (χ3n) is 5.00. The van der Waals surface area contributed by atoms with Gasteiger partial charge >= 0.3 is 0 Å². The van der Waals surface area contributed by atoms with Crippen LogP contribution in [-0.2, 0) is 0 Å². The number of rotatable bonds is 1. The summed E-state index contributed by atoms with van der Waals surface area (Å²) in [6.07, 6.45) is 4.68.